The molecule has 0 saturated carbocycles. The first-order valence-electron chi connectivity index (χ1n) is 21.3. The molecule has 0 amide bonds. The molecule has 0 bridgehead atoms. The molecule has 4 aromatic heterocycles. The van der Waals surface area contributed by atoms with Crippen LogP contribution >= 0.6 is 0 Å². The molecule has 13 rings (SSSR count). The van der Waals surface area contributed by atoms with Gasteiger partial charge < -0.3 is 9.13 Å². The molecule has 63 heavy (non-hydrogen) atoms. The van der Waals surface area contributed by atoms with Crippen molar-refractivity contribution >= 4 is 65.4 Å². The number of aromatic nitrogens is 6. The van der Waals surface area contributed by atoms with Gasteiger partial charge in [-0.1, -0.05) is 176 Å². The fourth-order valence-corrected chi connectivity index (χ4v) is 9.86. The number of para-hydroxylation sites is 6. The zero-order valence-corrected chi connectivity index (χ0v) is 34.0. The lowest BCUT2D eigenvalue weighted by Crippen LogP contribution is -2.10. The summed E-state index contributed by atoms with van der Waals surface area (Å²) < 4.78 is 7.02. The summed E-state index contributed by atoms with van der Waals surface area (Å²) in [5, 5.41) is 6.99. The average Bonchev–Trinajstić information content (AvgIpc) is 4.00. The van der Waals surface area contributed by atoms with Crippen LogP contribution in [0.5, 0.6) is 0 Å². The first-order chi connectivity index (χ1) is 31.3. The molecule has 9 aromatic carbocycles. The number of hydrogen-bond donors (Lipinski definition) is 0. The van der Waals surface area contributed by atoms with E-state index in [0.717, 1.165) is 77.5 Å². The second-order valence-corrected chi connectivity index (χ2v) is 16.0. The van der Waals surface area contributed by atoms with Crippen LogP contribution in [0.15, 0.2) is 218 Å². The highest BCUT2D eigenvalue weighted by Crippen LogP contribution is 2.43. The lowest BCUT2D eigenvalue weighted by molar-refractivity contribution is 0.950. The second-order valence-electron chi connectivity index (χ2n) is 16.0. The molecule has 0 fully saturated rings. The quantitative estimate of drug-likeness (QED) is 0.168. The van der Waals surface area contributed by atoms with Crippen LogP contribution < -0.4 is 0 Å². The maximum absolute atomic E-state index is 5.68. The number of fused-ring (bicyclic) bond motifs is 9. The van der Waals surface area contributed by atoms with Gasteiger partial charge in [0.05, 0.1) is 50.0 Å². The van der Waals surface area contributed by atoms with Gasteiger partial charge in [-0.3, -0.25) is 4.57 Å². The number of benzene rings is 9. The molecular weight excluding hydrogens is 769 g/mol. The molecule has 0 aliphatic rings. The molecule has 0 aliphatic carbocycles. The van der Waals surface area contributed by atoms with E-state index in [-0.39, 0.29) is 0 Å². The number of nitrogens with zero attached hydrogens (tertiary/aromatic N) is 6. The van der Waals surface area contributed by atoms with Gasteiger partial charge in [0, 0.05) is 43.4 Å². The van der Waals surface area contributed by atoms with Crippen molar-refractivity contribution in [3.05, 3.63) is 218 Å². The van der Waals surface area contributed by atoms with E-state index in [9.17, 15) is 0 Å². The number of rotatable bonds is 6. The lowest BCUT2D eigenvalue weighted by atomic mass is 10.0. The minimum Gasteiger partial charge on any atom is -0.308 e. The topological polar surface area (TPSA) is 53.5 Å². The predicted octanol–water partition coefficient (Wildman–Crippen LogP) is 14.2. The zero-order valence-electron chi connectivity index (χ0n) is 34.0. The Morgan fingerprint density at radius 1 is 0.270 bits per heavy atom. The van der Waals surface area contributed by atoms with Crippen LogP contribution in [-0.2, 0) is 0 Å². The standard InChI is InChI=1S/C57H36N6/c1-3-19-37(20-4-1)39-28-17-29-45-44-27-11-16-34-50(44)63(54(39)45)57-59-55(38-21-5-2-6-22-38)58-56(60-57)53-51(61-46-30-12-7-23-40(46)41-24-8-13-31-47(41)61)35-18-36-52(53)62-48-32-14-9-25-42(48)43-26-10-15-33-49(43)62/h1-36H. The van der Waals surface area contributed by atoms with Gasteiger partial charge in [-0.15, -0.1) is 0 Å². The average molecular weight is 805 g/mol. The minimum atomic E-state index is 0.540. The first-order valence-corrected chi connectivity index (χ1v) is 21.3. The van der Waals surface area contributed by atoms with Gasteiger partial charge >= 0.3 is 0 Å². The maximum Gasteiger partial charge on any atom is 0.238 e. The molecule has 0 saturated heterocycles. The van der Waals surface area contributed by atoms with Crippen molar-refractivity contribution in [2.24, 2.45) is 0 Å². The van der Waals surface area contributed by atoms with Crippen molar-refractivity contribution in [2.75, 3.05) is 0 Å². The zero-order chi connectivity index (χ0) is 41.4. The van der Waals surface area contributed by atoms with Crippen molar-refractivity contribution in [1.82, 2.24) is 28.7 Å². The van der Waals surface area contributed by atoms with Gasteiger partial charge in [0.15, 0.2) is 11.6 Å². The molecule has 0 spiro atoms. The Hall–Kier alpha value is -8.61. The Labute approximate surface area is 362 Å². The Morgan fingerprint density at radius 2 is 0.651 bits per heavy atom. The van der Waals surface area contributed by atoms with Gasteiger partial charge in [-0.25, -0.2) is 4.98 Å². The molecule has 0 N–H and O–H groups in total. The maximum atomic E-state index is 5.68. The van der Waals surface area contributed by atoms with Crippen molar-refractivity contribution in [3.8, 4) is 51.2 Å². The van der Waals surface area contributed by atoms with E-state index in [4.69, 9.17) is 15.0 Å². The molecule has 4 heterocycles. The summed E-state index contributed by atoms with van der Waals surface area (Å²) in [6, 6.07) is 77.3. The summed E-state index contributed by atoms with van der Waals surface area (Å²) in [5.74, 6) is 1.69. The summed E-state index contributed by atoms with van der Waals surface area (Å²) in [6.45, 7) is 0. The van der Waals surface area contributed by atoms with E-state index >= 15 is 0 Å². The fourth-order valence-electron chi connectivity index (χ4n) is 9.86. The summed E-state index contributed by atoms with van der Waals surface area (Å²) in [5.41, 5.74) is 12.4. The third kappa shape index (κ3) is 5.35. The second kappa shape index (κ2) is 14.0. The highest BCUT2D eigenvalue weighted by Gasteiger charge is 2.26. The summed E-state index contributed by atoms with van der Waals surface area (Å²) in [6.07, 6.45) is 0. The highest BCUT2D eigenvalue weighted by atomic mass is 15.2. The van der Waals surface area contributed by atoms with E-state index in [1.54, 1.807) is 0 Å². The monoisotopic (exact) mass is 804 g/mol. The molecule has 294 valence electrons. The van der Waals surface area contributed by atoms with Gasteiger partial charge in [-0.2, -0.15) is 9.97 Å². The predicted molar refractivity (Wildman–Crippen MR) is 259 cm³/mol. The van der Waals surface area contributed by atoms with Crippen molar-refractivity contribution in [3.63, 3.8) is 0 Å². The van der Waals surface area contributed by atoms with Crippen molar-refractivity contribution < 1.29 is 0 Å². The van der Waals surface area contributed by atoms with E-state index in [2.05, 4.69) is 214 Å². The molecule has 0 unspecified atom stereocenters. The Morgan fingerprint density at radius 3 is 1.16 bits per heavy atom. The SMILES string of the molecule is c1ccc(-c2nc(-c3c(-n4c5ccccc5c5ccccc54)cccc3-n3c4ccccc4c4ccccc43)nc(-n3c4ccccc4c4cccc(-c5ccccc5)c43)n2)cc1. The summed E-state index contributed by atoms with van der Waals surface area (Å²) in [4.78, 5) is 16.6. The Kier molecular flexibility index (Phi) is 7.80. The third-order valence-electron chi connectivity index (χ3n) is 12.5. The van der Waals surface area contributed by atoms with Gasteiger partial charge in [-0.05, 0) is 48.0 Å². The third-order valence-corrected chi connectivity index (χ3v) is 12.5. The molecule has 0 radical (unpaired) electrons. The van der Waals surface area contributed by atoms with Crippen LogP contribution in [0.1, 0.15) is 0 Å². The smallest absolute Gasteiger partial charge is 0.238 e. The van der Waals surface area contributed by atoms with Crippen LogP contribution in [0.25, 0.3) is 117 Å². The van der Waals surface area contributed by atoms with Crippen LogP contribution in [0, 0.1) is 0 Å². The van der Waals surface area contributed by atoms with E-state index in [0.29, 0.717) is 17.6 Å². The normalized spacial score (nSPS) is 11.8. The molecular formula is C57H36N6. The van der Waals surface area contributed by atoms with Crippen LogP contribution in [0.4, 0.5) is 0 Å². The lowest BCUT2D eigenvalue weighted by Gasteiger charge is -2.20. The van der Waals surface area contributed by atoms with Crippen molar-refractivity contribution in [2.45, 2.75) is 0 Å². The highest BCUT2D eigenvalue weighted by molar-refractivity contribution is 6.14. The molecule has 6 nitrogen and oxygen atoms in total. The van der Waals surface area contributed by atoms with Crippen LogP contribution in [-0.4, -0.2) is 28.7 Å². The molecule has 0 atom stereocenters. The Bertz CT molecular complexity index is 3670. The van der Waals surface area contributed by atoms with Gasteiger partial charge in [0.25, 0.3) is 0 Å². The van der Waals surface area contributed by atoms with Gasteiger partial charge in [0.1, 0.15) is 0 Å². The largest absolute Gasteiger partial charge is 0.308 e. The molecule has 6 heteroatoms. The molecule has 13 aromatic rings. The van der Waals surface area contributed by atoms with Crippen molar-refractivity contribution in [1.29, 1.82) is 0 Å². The van der Waals surface area contributed by atoms with E-state index in [1.807, 2.05) is 18.2 Å². The van der Waals surface area contributed by atoms with E-state index < -0.39 is 0 Å². The first kappa shape index (κ1) is 35.2. The summed E-state index contributed by atoms with van der Waals surface area (Å²) in [7, 11) is 0. The van der Waals surface area contributed by atoms with Crippen LogP contribution in [0.3, 0.4) is 0 Å². The fraction of sp³-hybridized carbons (Fsp3) is 0. The van der Waals surface area contributed by atoms with E-state index in [1.165, 1.54) is 21.5 Å². The van der Waals surface area contributed by atoms with Crippen LogP contribution in [0.2, 0.25) is 0 Å². The molecule has 0 aliphatic heterocycles. The Balaban J connectivity index is 1.21. The summed E-state index contributed by atoms with van der Waals surface area (Å²) >= 11 is 0. The minimum absolute atomic E-state index is 0.540. The van der Waals surface area contributed by atoms with Gasteiger partial charge in [0.2, 0.25) is 5.95 Å². The number of hydrogen-bond acceptors (Lipinski definition) is 3.